The highest BCUT2D eigenvalue weighted by molar-refractivity contribution is 6.05. The summed E-state index contributed by atoms with van der Waals surface area (Å²) >= 11 is 0. The number of hydrogen-bond donors (Lipinski definition) is 2. The van der Waals surface area contributed by atoms with E-state index in [-0.39, 0.29) is 5.91 Å². The number of rotatable bonds is 7. The van der Waals surface area contributed by atoms with Crippen LogP contribution in [0, 0.1) is 13.8 Å². The molecule has 8 nitrogen and oxygen atoms in total. The van der Waals surface area contributed by atoms with Crippen LogP contribution in [0.5, 0.6) is 17.2 Å². The number of aryl methyl sites for hydroxylation is 2. The van der Waals surface area contributed by atoms with Gasteiger partial charge < -0.3 is 24.8 Å². The highest BCUT2D eigenvalue weighted by Gasteiger charge is 2.17. The second-order valence-electron chi connectivity index (χ2n) is 6.55. The lowest BCUT2D eigenvalue weighted by Crippen LogP contribution is -2.13. The monoisotopic (exact) mass is 408 g/mol. The SMILES string of the molecule is COc1cc(C(=O)Nc2cccc(Nc3nc(C)cc(C)n3)c2)cc(OC)c1OC. The summed E-state index contributed by atoms with van der Waals surface area (Å²) in [5.74, 6) is 1.43. The zero-order valence-corrected chi connectivity index (χ0v) is 17.6. The number of carbonyl (C=O) groups is 1. The van der Waals surface area contributed by atoms with E-state index >= 15 is 0 Å². The molecule has 0 aliphatic rings. The average molecular weight is 408 g/mol. The zero-order valence-electron chi connectivity index (χ0n) is 17.6. The van der Waals surface area contributed by atoms with Crippen LogP contribution in [0.4, 0.5) is 17.3 Å². The molecule has 0 atom stereocenters. The first kappa shape index (κ1) is 20.9. The number of hydrogen-bond acceptors (Lipinski definition) is 7. The summed E-state index contributed by atoms with van der Waals surface area (Å²) in [4.78, 5) is 21.5. The first-order chi connectivity index (χ1) is 14.4. The summed E-state index contributed by atoms with van der Waals surface area (Å²) in [6.07, 6.45) is 0. The predicted octanol–water partition coefficient (Wildman–Crippen LogP) is 4.12. The standard InChI is InChI=1S/C22H24N4O4/c1-13-9-14(2)24-22(23-13)26-17-8-6-7-16(12-17)25-21(27)15-10-18(28-3)20(30-5)19(11-15)29-4/h6-12H,1-5H3,(H,25,27)(H,23,24,26). The van der Waals surface area contributed by atoms with Crippen molar-refractivity contribution in [2.45, 2.75) is 13.8 Å². The number of nitrogens with zero attached hydrogens (tertiary/aromatic N) is 2. The molecule has 0 spiro atoms. The van der Waals surface area contributed by atoms with Crippen LogP contribution in [0.25, 0.3) is 0 Å². The molecular formula is C22H24N4O4. The van der Waals surface area contributed by atoms with Crippen molar-refractivity contribution in [3.8, 4) is 17.2 Å². The van der Waals surface area contributed by atoms with E-state index < -0.39 is 0 Å². The molecule has 30 heavy (non-hydrogen) atoms. The highest BCUT2D eigenvalue weighted by atomic mass is 16.5. The molecule has 0 radical (unpaired) electrons. The second-order valence-corrected chi connectivity index (χ2v) is 6.55. The lowest BCUT2D eigenvalue weighted by molar-refractivity contribution is 0.102. The fraction of sp³-hybridized carbons (Fsp3) is 0.227. The number of amides is 1. The van der Waals surface area contributed by atoms with Gasteiger partial charge >= 0.3 is 0 Å². The third kappa shape index (κ3) is 4.78. The molecule has 156 valence electrons. The Morgan fingerprint density at radius 2 is 1.43 bits per heavy atom. The molecule has 0 unspecified atom stereocenters. The number of anilines is 3. The van der Waals surface area contributed by atoms with Crippen LogP contribution in [-0.4, -0.2) is 37.2 Å². The summed E-state index contributed by atoms with van der Waals surface area (Å²) in [5.41, 5.74) is 3.49. The van der Waals surface area contributed by atoms with E-state index in [1.807, 2.05) is 32.0 Å². The Labute approximate surface area is 175 Å². The maximum absolute atomic E-state index is 12.8. The fourth-order valence-electron chi connectivity index (χ4n) is 3.00. The van der Waals surface area contributed by atoms with Gasteiger partial charge in [0, 0.05) is 28.3 Å². The molecular weight excluding hydrogens is 384 g/mol. The Morgan fingerprint density at radius 1 is 0.833 bits per heavy atom. The van der Waals surface area contributed by atoms with Crippen LogP contribution < -0.4 is 24.8 Å². The van der Waals surface area contributed by atoms with E-state index in [4.69, 9.17) is 14.2 Å². The van der Waals surface area contributed by atoms with Crippen LogP contribution >= 0.6 is 0 Å². The van der Waals surface area contributed by atoms with Crippen molar-refractivity contribution in [3.05, 3.63) is 59.4 Å². The van der Waals surface area contributed by atoms with Crippen molar-refractivity contribution in [2.24, 2.45) is 0 Å². The topological polar surface area (TPSA) is 94.6 Å². The number of benzene rings is 2. The summed E-state index contributed by atoms with van der Waals surface area (Å²) in [6.45, 7) is 3.82. The van der Waals surface area contributed by atoms with Crippen LogP contribution in [0.2, 0.25) is 0 Å². The Morgan fingerprint density at radius 3 is 2.00 bits per heavy atom. The molecule has 2 aromatic carbocycles. The van der Waals surface area contributed by atoms with Gasteiger partial charge in [-0.05, 0) is 50.2 Å². The molecule has 0 aliphatic heterocycles. The molecule has 0 saturated heterocycles. The summed E-state index contributed by atoms with van der Waals surface area (Å²) in [5, 5.41) is 6.04. The van der Waals surface area contributed by atoms with E-state index in [1.54, 1.807) is 24.3 Å². The predicted molar refractivity (Wildman–Crippen MR) is 115 cm³/mol. The summed E-state index contributed by atoms with van der Waals surface area (Å²) < 4.78 is 15.9. The Balaban J connectivity index is 1.81. The van der Waals surface area contributed by atoms with E-state index in [0.717, 1.165) is 17.1 Å². The average Bonchev–Trinajstić information content (AvgIpc) is 2.72. The van der Waals surface area contributed by atoms with Gasteiger partial charge in [0.05, 0.1) is 21.3 Å². The zero-order chi connectivity index (χ0) is 21.7. The molecule has 3 aromatic rings. The first-order valence-electron chi connectivity index (χ1n) is 9.24. The van der Waals surface area contributed by atoms with Crippen molar-refractivity contribution in [3.63, 3.8) is 0 Å². The third-order valence-electron chi connectivity index (χ3n) is 4.29. The Bertz CT molecular complexity index is 1020. The molecule has 0 bridgehead atoms. The molecule has 3 rings (SSSR count). The van der Waals surface area contributed by atoms with Gasteiger partial charge in [0.1, 0.15) is 0 Å². The van der Waals surface area contributed by atoms with Crippen molar-refractivity contribution in [1.82, 2.24) is 9.97 Å². The maximum atomic E-state index is 12.8. The highest BCUT2D eigenvalue weighted by Crippen LogP contribution is 2.38. The first-order valence-corrected chi connectivity index (χ1v) is 9.24. The maximum Gasteiger partial charge on any atom is 0.255 e. The van der Waals surface area contributed by atoms with Crippen molar-refractivity contribution < 1.29 is 19.0 Å². The van der Waals surface area contributed by atoms with Crippen LogP contribution in [-0.2, 0) is 0 Å². The minimum Gasteiger partial charge on any atom is -0.493 e. The molecule has 0 aliphatic carbocycles. The molecule has 0 saturated carbocycles. The van der Waals surface area contributed by atoms with Gasteiger partial charge in [0.15, 0.2) is 11.5 Å². The minimum absolute atomic E-state index is 0.311. The fourth-order valence-corrected chi connectivity index (χ4v) is 3.00. The lowest BCUT2D eigenvalue weighted by atomic mass is 10.1. The van der Waals surface area contributed by atoms with Crippen molar-refractivity contribution in [1.29, 1.82) is 0 Å². The van der Waals surface area contributed by atoms with E-state index in [2.05, 4.69) is 20.6 Å². The van der Waals surface area contributed by atoms with Gasteiger partial charge in [-0.3, -0.25) is 4.79 Å². The Kier molecular flexibility index (Phi) is 6.36. The quantitative estimate of drug-likeness (QED) is 0.607. The van der Waals surface area contributed by atoms with Crippen molar-refractivity contribution in [2.75, 3.05) is 32.0 Å². The number of carbonyl (C=O) groups excluding carboxylic acids is 1. The van der Waals surface area contributed by atoms with Gasteiger partial charge in [-0.15, -0.1) is 0 Å². The number of methoxy groups -OCH3 is 3. The molecule has 1 amide bonds. The number of ether oxygens (including phenoxy) is 3. The van der Waals surface area contributed by atoms with E-state index in [9.17, 15) is 4.79 Å². The molecule has 2 N–H and O–H groups in total. The number of aromatic nitrogens is 2. The third-order valence-corrected chi connectivity index (χ3v) is 4.29. The molecule has 1 heterocycles. The van der Waals surface area contributed by atoms with Gasteiger partial charge in [-0.2, -0.15) is 0 Å². The summed E-state index contributed by atoms with van der Waals surface area (Å²) in [7, 11) is 4.52. The van der Waals surface area contributed by atoms with Gasteiger partial charge in [0.2, 0.25) is 11.7 Å². The van der Waals surface area contributed by atoms with Gasteiger partial charge in [-0.1, -0.05) is 6.07 Å². The van der Waals surface area contributed by atoms with Crippen LogP contribution in [0.15, 0.2) is 42.5 Å². The largest absolute Gasteiger partial charge is 0.493 e. The van der Waals surface area contributed by atoms with E-state index in [1.165, 1.54) is 21.3 Å². The van der Waals surface area contributed by atoms with Crippen LogP contribution in [0.1, 0.15) is 21.7 Å². The van der Waals surface area contributed by atoms with Crippen LogP contribution in [0.3, 0.4) is 0 Å². The normalized spacial score (nSPS) is 10.3. The minimum atomic E-state index is -0.311. The summed E-state index contributed by atoms with van der Waals surface area (Å²) in [6, 6.07) is 12.4. The second kappa shape index (κ2) is 9.13. The molecule has 1 aromatic heterocycles. The molecule has 8 heteroatoms. The smallest absolute Gasteiger partial charge is 0.255 e. The van der Waals surface area contributed by atoms with E-state index in [0.29, 0.717) is 34.4 Å². The van der Waals surface area contributed by atoms with Gasteiger partial charge in [-0.25, -0.2) is 9.97 Å². The molecule has 0 fully saturated rings. The lowest BCUT2D eigenvalue weighted by Gasteiger charge is -2.14. The Hall–Kier alpha value is -3.81. The number of nitrogens with one attached hydrogen (secondary N) is 2. The van der Waals surface area contributed by atoms with Crippen molar-refractivity contribution >= 4 is 23.2 Å². The van der Waals surface area contributed by atoms with Gasteiger partial charge in [0.25, 0.3) is 5.91 Å².